The first-order valence-electron chi connectivity index (χ1n) is 7.44. The Bertz CT molecular complexity index is 871. The third-order valence-corrected chi connectivity index (χ3v) is 4.35. The van der Waals surface area contributed by atoms with Crippen molar-refractivity contribution >= 4 is 29.0 Å². The van der Waals surface area contributed by atoms with Gasteiger partial charge in [-0.3, -0.25) is 9.20 Å². The summed E-state index contributed by atoms with van der Waals surface area (Å²) in [5.41, 5.74) is 1.54. The van der Waals surface area contributed by atoms with Crippen molar-refractivity contribution in [2.45, 2.75) is 11.6 Å². The minimum atomic E-state index is -0.0610. The van der Waals surface area contributed by atoms with Gasteiger partial charge in [0.25, 0.3) is 0 Å². The summed E-state index contributed by atoms with van der Waals surface area (Å²) in [5.74, 6) is 0.171. The summed E-state index contributed by atoms with van der Waals surface area (Å²) in [7, 11) is 0. The molecule has 6 nitrogen and oxygen atoms in total. The van der Waals surface area contributed by atoms with Crippen molar-refractivity contribution in [3.63, 3.8) is 0 Å². The number of nitrogens with zero attached hydrogens (tertiary/aromatic N) is 5. The largest absolute Gasteiger partial charge is 0.311 e. The molecule has 7 heteroatoms. The molecule has 2 aromatic heterocycles. The van der Waals surface area contributed by atoms with Crippen LogP contribution in [0.5, 0.6) is 0 Å². The number of para-hydroxylation sites is 1. The van der Waals surface area contributed by atoms with Crippen molar-refractivity contribution < 1.29 is 4.79 Å². The van der Waals surface area contributed by atoms with Gasteiger partial charge in [0.2, 0.25) is 5.91 Å². The maximum atomic E-state index is 12.6. The van der Waals surface area contributed by atoms with E-state index in [1.54, 1.807) is 4.90 Å². The van der Waals surface area contributed by atoms with Crippen molar-refractivity contribution in [2.75, 3.05) is 17.2 Å². The predicted octanol–water partition coefficient (Wildman–Crippen LogP) is 2.77. The molecule has 0 atom stereocenters. The zero-order valence-electron chi connectivity index (χ0n) is 12.9. The minimum absolute atomic E-state index is 0.0610. The van der Waals surface area contributed by atoms with Crippen LogP contribution in [-0.4, -0.2) is 32.8 Å². The average Bonchev–Trinajstić information content (AvgIpc) is 3.04. The molecule has 0 N–H and O–H groups in total. The van der Waals surface area contributed by atoms with Gasteiger partial charge in [0.15, 0.2) is 10.8 Å². The molecule has 120 valence electrons. The van der Waals surface area contributed by atoms with E-state index >= 15 is 0 Å². The molecule has 1 amide bonds. The molecule has 0 radical (unpaired) electrons. The van der Waals surface area contributed by atoms with E-state index in [1.165, 1.54) is 11.8 Å². The molecule has 2 heterocycles. The number of carbonyl (C=O) groups is 1. The Balaban J connectivity index is 1.72. The SMILES string of the molecule is N#CCCN(C(=O)CSc1nnc2ccccn12)c1ccccc1. The van der Waals surface area contributed by atoms with E-state index < -0.39 is 0 Å². The zero-order chi connectivity index (χ0) is 16.8. The molecule has 1 aromatic carbocycles. The van der Waals surface area contributed by atoms with Crippen LogP contribution < -0.4 is 4.90 Å². The lowest BCUT2D eigenvalue weighted by Crippen LogP contribution is -2.33. The molecule has 0 aliphatic rings. The van der Waals surface area contributed by atoms with Crippen LogP contribution in [-0.2, 0) is 4.79 Å². The van der Waals surface area contributed by atoms with Gasteiger partial charge in [-0.15, -0.1) is 10.2 Å². The predicted molar refractivity (Wildman–Crippen MR) is 92.7 cm³/mol. The number of carbonyl (C=O) groups excluding carboxylic acids is 1. The molecule has 0 fully saturated rings. The molecule has 0 aliphatic heterocycles. The third kappa shape index (κ3) is 3.55. The Kier molecular flexibility index (Phi) is 5.08. The number of aromatic nitrogens is 3. The topological polar surface area (TPSA) is 74.3 Å². The maximum Gasteiger partial charge on any atom is 0.237 e. The lowest BCUT2D eigenvalue weighted by atomic mass is 10.2. The number of pyridine rings is 1. The van der Waals surface area contributed by atoms with Crippen LogP contribution >= 0.6 is 11.8 Å². The number of hydrogen-bond acceptors (Lipinski definition) is 5. The fourth-order valence-corrected chi connectivity index (χ4v) is 3.09. The van der Waals surface area contributed by atoms with Gasteiger partial charge in [-0.2, -0.15) is 5.26 Å². The van der Waals surface area contributed by atoms with Crippen LogP contribution in [0.4, 0.5) is 5.69 Å². The molecule has 0 spiro atoms. The van der Waals surface area contributed by atoms with Gasteiger partial charge in [0.05, 0.1) is 18.2 Å². The highest BCUT2D eigenvalue weighted by Crippen LogP contribution is 2.20. The first-order chi connectivity index (χ1) is 11.8. The second-order valence-corrected chi connectivity index (χ2v) is 5.93. The summed E-state index contributed by atoms with van der Waals surface area (Å²) >= 11 is 1.34. The zero-order valence-corrected chi connectivity index (χ0v) is 13.7. The Labute approximate surface area is 143 Å². The summed E-state index contributed by atoms with van der Waals surface area (Å²) < 4.78 is 1.85. The number of anilines is 1. The van der Waals surface area contributed by atoms with Gasteiger partial charge in [-0.25, -0.2) is 0 Å². The number of nitriles is 1. The number of rotatable bonds is 6. The second-order valence-electron chi connectivity index (χ2n) is 4.99. The van der Waals surface area contributed by atoms with Gasteiger partial charge in [0, 0.05) is 18.4 Å². The van der Waals surface area contributed by atoms with E-state index in [0.717, 1.165) is 11.3 Å². The molecule has 0 saturated carbocycles. The first kappa shape index (κ1) is 16.0. The Morgan fingerprint density at radius 2 is 1.96 bits per heavy atom. The van der Waals surface area contributed by atoms with Gasteiger partial charge < -0.3 is 4.90 Å². The highest BCUT2D eigenvalue weighted by Gasteiger charge is 2.17. The molecular weight excluding hydrogens is 322 g/mol. The van der Waals surface area contributed by atoms with Crippen LogP contribution in [0, 0.1) is 11.3 Å². The smallest absolute Gasteiger partial charge is 0.237 e. The first-order valence-corrected chi connectivity index (χ1v) is 8.43. The Morgan fingerprint density at radius 1 is 1.17 bits per heavy atom. The van der Waals surface area contributed by atoms with Crippen LogP contribution in [0.25, 0.3) is 5.65 Å². The van der Waals surface area contributed by atoms with Crippen LogP contribution in [0.1, 0.15) is 6.42 Å². The molecule has 3 rings (SSSR count). The van der Waals surface area contributed by atoms with E-state index in [9.17, 15) is 4.79 Å². The molecule has 0 aliphatic carbocycles. The van der Waals surface area contributed by atoms with Crippen LogP contribution in [0.2, 0.25) is 0 Å². The van der Waals surface area contributed by atoms with Crippen molar-refractivity contribution in [1.82, 2.24) is 14.6 Å². The van der Waals surface area contributed by atoms with E-state index in [1.807, 2.05) is 59.1 Å². The molecule has 0 unspecified atom stereocenters. The number of thioether (sulfide) groups is 1. The highest BCUT2D eigenvalue weighted by molar-refractivity contribution is 7.99. The fraction of sp³-hybridized carbons (Fsp3) is 0.176. The summed E-state index contributed by atoms with van der Waals surface area (Å²) in [6.45, 7) is 0.375. The van der Waals surface area contributed by atoms with E-state index in [4.69, 9.17) is 5.26 Å². The normalized spacial score (nSPS) is 10.5. The van der Waals surface area contributed by atoms with Crippen molar-refractivity contribution in [3.05, 3.63) is 54.7 Å². The summed E-state index contributed by atoms with van der Waals surface area (Å²) in [6, 6.07) is 17.1. The Hall–Kier alpha value is -2.85. The van der Waals surface area contributed by atoms with Gasteiger partial charge in [0.1, 0.15) is 0 Å². The summed E-state index contributed by atoms with van der Waals surface area (Å²) in [6.07, 6.45) is 2.16. The second kappa shape index (κ2) is 7.62. The van der Waals surface area contributed by atoms with Crippen molar-refractivity contribution in [3.8, 4) is 6.07 Å². The van der Waals surface area contributed by atoms with E-state index in [0.29, 0.717) is 18.1 Å². The summed E-state index contributed by atoms with van der Waals surface area (Å²) in [4.78, 5) is 14.3. The fourth-order valence-electron chi connectivity index (χ4n) is 2.29. The van der Waals surface area contributed by atoms with Crippen LogP contribution in [0.3, 0.4) is 0 Å². The third-order valence-electron chi connectivity index (χ3n) is 3.42. The van der Waals surface area contributed by atoms with Crippen molar-refractivity contribution in [1.29, 1.82) is 5.26 Å². The maximum absolute atomic E-state index is 12.6. The van der Waals surface area contributed by atoms with Gasteiger partial charge in [-0.1, -0.05) is 36.0 Å². The van der Waals surface area contributed by atoms with Crippen LogP contribution in [0.15, 0.2) is 59.9 Å². The molecular formula is C17H15N5OS. The van der Waals surface area contributed by atoms with Gasteiger partial charge in [-0.05, 0) is 24.3 Å². The van der Waals surface area contributed by atoms with E-state index in [2.05, 4.69) is 16.3 Å². The van der Waals surface area contributed by atoms with E-state index in [-0.39, 0.29) is 11.7 Å². The highest BCUT2D eigenvalue weighted by atomic mass is 32.2. The molecule has 0 saturated heterocycles. The average molecular weight is 337 g/mol. The lowest BCUT2D eigenvalue weighted by molar-refractivity contribution is -0.116. The van der Waals surface area contributed by atoms with Gasteiger partial charge >= 0.3 is 0 Å². The number of hydrogen-bond donors (Lipinski definition) is 0. The van der Waals surface area contributed by atoms with Crippen molar-refractivity contribution in [2.24, 2.45) is 0 Å². The lowest BCUT2D eigenvalue weighted by Gasteiger charge is -2.21. The number of fused-ring (bicyclic) bond motifs is 1. The Morgan fingerprint density at radius 3 is 2.75 bits per heavy atom. The molecule has 3 aromatic rings. The standard InChI is InChI=1S/C17H15N5OS/c18-10-6-12-21(14-7-2-1-3-8-14)16(23)13-24-17-20-19-15-9-4-5-11-22(15)17/h1-5,7-9,11H,6,12-13H2. The monoisotopic (exact) mass is 337 g/mol. The summed E-state index contributed by atoms with van der Waals surface area (Å²) in [5, 5.41) is 17.7. The minimum Gasteiger partial charge on any atom is -0.311 e. The number of benzene rings is 1. The molecule has 0 bridgehead atoms. The number of amides is 1. The quantitative estimate of drug-likeness (QED) is 0.647. The molecule has 24 heavy (non-hydrogen) atoms.